The molecule has 1 aliphatic carbocycles. The maximum atomic E-state index is 5.79. The minimum Gasteiger partial charge on any atom is -0.491 e. The lowest BCUT2D eigenvalue weighted by atomic mass is 9.91. The summed E-state index contributed by atoms with van der Waals surface area (Å²) < 4.78 is 5.79. The second-order valence-electron chi connectivity index (χ2n) is 5.88. The molecule has 100 valence electrons. The molecule has 0 spiro atoms. The Morgan fingerprint density at radius 2 is 2.06 bits per heavy atom. The molecule has 0 aliphatic heterocycles. The van der Waals surface area contributed by atoms with Gasteiger partial charge in [-0.1, -0.05) is 26.0 Å². The first-order valence-corrected chi connectivity index (χ1v) is 7.05. The van der Waals surface area contributed by atoms with Crippen LogP contribution in [0, 0.1) is 5.41 Å². The van der Waals surface area contributed by atoms with Crippen molar-refractivity contribution in [1.82, 2.24) is 5.32 Å². The van der Waals surface area contributed by atoms with Crippen LogP contribution in [0.4, 0.5) is 0 Å². The first kappa shape index (κ1) is 13.4. The van der Waals surface area contributed by atoms with Crippen LogP contribution in [0.3, 0.4) is 0 Å². The summed E-state index contributed by atoms with van der Waals surface area (Å²) in [6.07, 6.45) is 2.87. The SMILES string of the molecule is CCNC(c1cccc(OC(C)C)c1)C1(C)CC1. The van der Waals surface area contributed by atoms with E-state index in [1.807, 2.05) is 6.07 Å². The Labute approximate surface area is 111 Å². The highest BCUT2D eigenvalue weighted by atomic mass is 16.5. The number of nitrogens with one attached hydrogen (secondary N) is 1. The van der Waals surface area contributed by atoms with Gasteiger partial charge in [0.2, 0.25) is 0 Å². The maximum Gasteiger partial charge on any atom is 0.120 e. The molecule has 2 heteroatoms. The van der Waals surface area contributed by atoms with Crippen LogP contribution in [0.2, 0.25) is 0 Å². The zero-order valence-electron chi connectivity index (χ0n) is 12.0. The lowest BCUT2D eigenvalue weighted by molar-refractivity contribution is 0.241. The molecule has 1 aromatic rings. The standard InChI is InChI=1S/C16H25NO/c1-5-17-15(16(4)9-10-16)13-7-6-8-14(11-13)18-12(2)3/h6-8,11-12,15,17H,5,9-10H2,1-4H3. The van der Waals surface area contributed by atoms with Gasteiger partial charge < -0.3 is 10.1 Å². The Bertz CT molecular complexity index is 396. The van der Waals surface area contributed by atoms with E-state index in [1.54, 1.807) is 0 Å². The van der Waals surface area contributed by atoms with Gasteiger partial charge in [0.25, 0.3) is 0 Å². The third-order valence-corrected chi connectivity index (χ3v) is 3.71. The number of ether oxygens (including phenoxy) is 1. The molecule has 2 rings (SSSR count). The highest BCUT2D eigenvalue weighted by Crippen LogP contribution is 2.54. The third kappa shape index (κ3) is 3.05. The van der Waals surface area contributed by atoms with Crippen molar-refractivity contribution in [3.8, 4) is 5.75 Å². The number of rotatable bonds is 6. The highest BCUT2D eigenvalue weighted by Gasteiger charge is 2.45. The predicted molar refractivity (Wildman–Crippen MR) is 76.0 cm³/mol. The van der Waals surface area contributed by atoms with Gasteiger partial charge in [0, 0.05) is 6.04 Å². The first-order chi connectivity index (χ1) is 8.55. The van der Waals surface area contributed by atoms with Crippen LogP contribution in [0.1, 0.15) is 52.1 Å². The minimum atomic E-state index is 0.231. The van der Waals surface area contributed by atoms with E-state index in [9.17, 15) is 0 Å². The van der Waals surface area contributed by atoms with Crippen molar-refractivity contribution in [1.29, 1.82) is 0 Å². The topological polar surface area (TPSA) is 21.3 Å². The van der Waals surface area contributed by atoms with Gasteiger partial charge in [-0.3, -0.25) is 0 Å². The Morgan fingerprint density at radius 3 is 2.61 bits per heavy atom. The van der Waals surface area contributed by atoms with Crippen LogP contribution in [-0.4, -0.2) is 12.6 Å². The molecule has 1 unspecified atom stereocenters. The van der Waals surface area contributed by atoms with Gasteiger partial charge in [-0.2, -0.15) is 0 Å². The van der Waals surface area contributed by atoms with Crippen molar-refractivity contribution in [2.45, 2.75) is 52.7 Å². The fourth-order valence-corrected chi connectivity index (χ4v) is 2.50. The third-order valence-electron chi connectivity index (χ3n) is 3.71. The van der Waals surface area contributed by atoms with Crippen molar-refractivity contribution in [3.05, 3.63) is 29.8 Å². The Hall–Kier alpha value is -1.02. The fraction of sp³-hybridized carbons (Fsp3) is 0.625. The van der Waals surface area contributed by atoms with E-state index >= 15 is 0 Å². The normalized spacial score (nSPS) is 18.7. The first-order valence-electron chi connectivity index (χ1n) is 7.05. The second-order valence-corrected chi connectivity index (χ2v) is 5.88. The zero-order chi connectivity index (χ0) is 13.2. The molecule has 1 saturated carbocycles. The number of hydrogen-bond acceptors (Lipinski definition) is 2. The lowest BCUT2D eigenvalue weighted by Gasteiger charge is -2.25. The van der Waals surface area contributed by atoms with Crippen molar-refractivity contribution in [2.24, 2.45) is 5.41 Å². The van der Waals surface area contributed by atoms with Crippen molar-refractivity contribution < 1.29 is 4.74 Å². The van der Waals surface area contributed by atoms with Gasteiger partial charge in [0.1, 0.15) is 5.75 Å². The Morgan fingerprint density at radius 1 is 1.33 bits per heavy atom. The second kappa shape index (κ2) is 5.31. The molecule has 1 atom stereocenters. The van der Waals surface area contributed by atoms with Crippen LogP contribution in [0.25, 0.3) is 0 Å². The molecule has 1 aromatic carbocycles. The van der Waals surface area contributed by atoms with Gasteiger partial charge in [-0.05, 0) is 56.3 Å². The summed E-state index contributed by atoms with van der Waals surface area (Å²) in [5.41, 5.74) is 1.79. The zero-order valence-corrected chi connectivity index (χ0v) is 12.0. The molecule has 0 heterocycles. The van der Waals surface area contributed by atoms with Crippen LogP contribution < -0.4 is 10.1 Å². The minimum absolute atomic E-state index is 0.231. The molecule has 0 amide bonds. The molecule has 0 saturated heterocycles. The predicted octanol–water partition coefficient (Wildman–Crippen LogP) is 3.92. The molecular weight excluding hydrogens is 222 g/mol. The van der Waals surface area contributed by atoms with Crippen LogP contribution in [0.15, 0.2) is 24.3 Å². The monoisotopic (exact) mass is 247 g/mol. The average molecular weight is 247 g/mol. The van der Waals surface area contributed by atoms with E-state index in [-0.39, 0.29) is 6.10 Å². The van der Waals surface area contributed by atoms with Crippen molar-refractivity contribution in [2.75, 3.05) is 6.54 Å². The summed E-state index contributed by atoms with van der Waals surface area (Å²) in [5, 5.41) is 3.63. The molecule has 1 fully saturated rings. The summed E-state index contributed by atoms with van der Waals surface area (Å²) in [7, 11) is 0. The van der Waals surface area contributed by atoms with E-state index < -0.39 is 0 Å². The summed E-state index contributed by atoms with van der Waals surface area (Å²) >= 11 is 0. The van der Waals surface area contributed by atoms with Crippen molar-refractivity contribution >= 4 is 0 Å². The van der Waals surface area contributed by atoms with Crippen LogP contribution in [0.5, 0.6) is 5.75 Å². The summed E-state index contributed by atoms with van der Waals surface area (Å²) in [6, 6.07) is 9.00. The van der Waals surface area contributed by atoms with E-state index in [1.165, 1.54) is 18.4 Å². The number of hydrogen-bond donors (Lipinski definition) is 1. The highest BCUT2D eigenvalue weighted by molar-refractivity contribution is 5.32. The van der Waals surface area contributed by atoms with E-state index in [4.69, 9.17) is 4.74 Å². The molecular formula is C16H25NO. The molecule has 0 bridgehead atoms. The van der Waals surface area contributed by atoms with Crippen LogP contribution >= 0.6 is 0 Å². The molecule has 0 radical (unpaired) electrons. The van der Waals surface area contributed by atoms with E-state index in [2.05, 4.69) is 51.2 Å². The Balaban J connectivity index is 2.19. The quantitative estimate of drug-likeness (QED) is 0.822. The van der Waals surface area contributed by atoms with Crippen molar-refractivity contribution in [3.63, 3.8) is 0 Å². The van der Waals surface area contributed by atoms with Gasteiger partial charge in [0.05, 0.1) is 6.10 Å². The van der Waals surface area contributed by atoms with Gasteiger partial charge >= 0.3 is 0 Å². The summed E-state index contributed by atoms with van der Waals surface area (Å²) in [4.78, 5) is 0. The average Bonchev–Trinajstić information content (AvgIpc) is 3.04. The molecule has 0 aromatic heterocycles. The largest absolute Gasteiger partial charge is 0.491 e. The van der Waals surface area contributed by atoms with E-state index in [0.29, 0.717) is 11.5 Å². The summed E-state index contributed by atoms with van der Waals surface area (Å²) in [5.74, 6) is 0.981. The van der Waals surface area contributed by atoms with Gasteiger partial charge in [-0.15, -0.1) is 0 Å². The number of benzene rings is 1. The van der Waals surface area contributed by atoms with E-state index in [0.717, 1.165) is 12.3 Å². The summed E-state index contributed by atoms with van der Waals surface area (Å²) in [6.45, 7) is 9.69. The molecule has 1 aliphatic rings. The van der Waals surface area contributed by atoms with Gasteiger partial charge in [-0.25, -0.2) is 0 Å². The molecule has 18 heavy (non-hydrogen) atoms. The maximum absolute atomic E-state index is 5.79. The van der Waals surface area contributed by atoms with Gasteiger partial charge in [0.15, 0.2) is 0 Å². The molecule has 1 N–H and O–H groups in total. The Kier molecular flexibility index (Phi) is 3.96. The van der Waals surface area contributed by atoms with Crippen LogP contribution in [-0.2, 0) is 0 Å². The smallest absolute Gasteiger partial charge is 0.120 e. The fourth-order valence-electron chi connectivity index (χ4n) is 2.50. The lowest BCUT2D eigenvalue weighted by Crippen LogP contribution is -2.27. The molecule has 2 nitrogen and oxygen atoms in total.